The number of likely N-dealkylation sites (tertiary alicyclic amines) is 1. The number of aromatic nitrogens is 1. The Bertz CT molecular complexity index is 1010. The van der Waals surface area contributed by atoms with E-state index in [1.807, 2.05) is 11.4 Å². The van der Waals surface area contributed by atoms with Gasteiger partial charge in [-0.25, -0.2) is 13.8 Å². The lowest BCUT2D eigenvalue weighted by atomic mass is 10.1. The molecule has 1 aliphatic rings. The molecule has 0 unspecified atom stereocenters. The summed E-state index contributed by atoms with van der Waals surface area (Å²) >= 11 is 3.13. The van der Waals surface area contributed by atoms with Crippen molar-refractivity contribution in [2.45, 2.75) is 35.7 Å². The molecule has 1 saturated heterocycles. The second kappa shape index (κ2) is 9.89. The van der Waals surface area contributed by atoms with Gasteiger partial charge >= 0.3 is 0 Å². The first-order valence-electron chi connectivity index (χ1n) is 10.0. The van der Waals surface area contributed by atoms with Crippen LogP contribution in [0.2, 0.25) is 0 Å². The molecule has 0 aliphatic carbocycles. The predicted octanol–water partition coefficient (Wildman–Crippen LogP) is 4.82. The van der Waals surface area contributed by atoms with Gasteiger partial charge in [-0.3, -0.25) is 9.69 Å². The third-order valence-electron chi connectivity index (χ3n) is 5.36. The molecule has 2 atom stereocenters. The number of thiazole rings is 1. The van der Waals surface area contributed by atoms with Crippen molar-refractivity contribution >= 4 is 29.0 Å². The summed E-state index contributed by atoms with van der Waals surface area (Å²) in [5.74, 6) is -0.528. The second-order valence-electron chi connectivity index (χ2n) is 7.64. The van der Waals surface area contributed by atoms with Crippen LogP contribution in [0.1, 0.15) is 17.7 Å². The number of carbonyl (C=O) groups excluding carboxylic acids is 1. The van der Waals surface area contributed by atoms with Gasteiger partial charge in [-0.1, -0.05) is 18.2 Å². The van der Waals surface area contributed by atoms with Crippen LogP contribution in [0.5, 0.6) is 0 Å². The summed E-state index contributed by atoms with van der Waals surface area (Å²) in [4.78, 5) is 22.3. The fourth-order valence-corrected chi connectivity index (χ4v) is 5.59. The maximum absolute atomic E-state index is 14.3. The Morgan fingerprint density at radius 3 is 2.71 bits per heavy atom. The van der Waals surface area contributed by atoms with Crippen LogP contribution in [0, 0.1) is 11.6 Å². The molecule has 4 nitrogen and oxygen atoms in total. The van der Waals surface area contributed by atoms with Crippen molar-refractivity contribution in [2.75, 3.05) is 13.6 Å². The molecule has 162 valence electrons. The fourth-order valence-electron chi connectivity index (χ4n) is 3.82. The van der Waals surface area contributed by atoms with Crippen molar-refractivity contribution in [3.05, 3.63) is 82.3 Å². The lowest BCUT2D eigenvalue weighted by molar-refractivity contribution is -0.135. The molecule has 0 saturated carbocycles. The average Bonchev–Trinajstić information content (AvgIpc) is 3.41. The van der Waals surface area contributed by atoms with Crippen LogP contribution in [0.25, 0.3) is 0 Å². The predicted molar refractivity (Wildman–Crippen MR) is 120 cm³/mol. The highest BCUT2D eigenvalue weighted by Crippen LogP contribution is 2.34. The molecular formula is C23H23F2N3OS2. The molecule has 1 aromatic heterocycles. The monoisotopic (exact) mass is 459 g/mol. The molecule has 0 spiro atoms. The SMILES string of the molecule is CN(Cc1cscn1)C(=O)[C@@H]1C[C@@H](Sc2ccc(F)cc2)CN1Cc1ccccc1F. The molecule has 1 aliphatic heterocycles. The van der Waals surface area contributed by atoms with E-state index in [0.717, 1.165) is 10.6 Å². The molecular weight excluding hydrogens is 436 g/mol. The number of thioether (sulfide) groups is 1. The Balaban J connectivity index is 1.50. The van der Waals surface area contributed by atoms with E-state index in [-0.39, 0.29) is 28.8 Å². The number of likely N-dealkylation sites (N-methyl/N-ethyl adjacent to an activating group) is 1. The number of halogens is 2. The molecule has 2 heterocycles. The zero-order chi connectivity index (χ0) is 21.8. The van der Waals surface area contributed by atoms with Crippen molar-refractivity contribution in [1.82, 2.24) is 14.8 Å². The van der Waals surface area contributed by atoms with Crippen molar-refractivity contribution in [3.63, 3.8) is 0 Å². The van der Waals surface area contributed by atoms with Gasteiger partial charge in [0.2, 0.25) is 5.91 Å². The van der Waals surface area contributed by atoms with Crippen molar-refractivity contribution in [3.8, 4) is 0 Å². The van der Waals surface area contributed by atoms with E-state index in [2.05, 4.69) is 9.88 Å². The summed E-state index contributed by atoms with van der Waals surface area (Å²) in [5, 5.41) is 2.08. The molecule has 3 aromatic rings. The molecule has 1 fully saturated rings. The molecule has 4 rings (SSSR count). The maximum Gasteiger partial charge on any atom is 0.240 e. The van der Waals surface area contributed by atoms with Crippen LogP contribution in [-0.4, -0.2) is 45.6 Å². The molecule has 8 heteroatoms. The van der Waals surface area contributed by atoms with E-state index in [1.165, 1.54) is 29.5 Å². The molecule has 2 aromatic carbocycles. The third-order valence-corrected chi connectivity index (χ3v) is 7.21. The van der Waals surface area contributed by atoms with E-state index in [0.29, 0.717) is 31.6 Å². The molecule has 31 heavy (non-hydrogen) atoms. The smallest absolute Gasteiger partial charge is 0.240 e. The van der Waals surface area contributed by atoms with Gasteiger partial charge in [0.05, 0.1) is 23.8 Å². The van der Waals surface area contributed by atoms with Crippen molar-refractivity contribution < 1.29 is 13.6 Å². The Hall–Kier alpha value is -2.29. The number of amides is 1. The fraction of sp³-hybridized carbons (Fsp3) is 0.304. The summed E-state index contributed by atoms with van der Waals surface area (Å²) in [6.45, 7) is 1.47. The minimum absolute atomic E-state index is 0.00606. The summed E-state index contributed by atoms with van der Waals surface area (Å²) in [6.07, 6.45) is 0.650. The number of carbonyl (C=O) groups is 1. The van der Waals surface area contributed by atoms with Crippen LogP contribution in [-0.2, 0) is 17.9 Å². The van der Waals surface area contributed by atoms with E-state index >= 15 is 0 Å². The highest BCUT2D eigenvalue weighted by atomic mass is 32.2. The van der Waals surface area contributed by atoms with Gasteiger partial charge in [0, 0.05) is 41.2 Å². The highest BCUT2D eigenvalue weighted by molar-refractivity contribution is 8.00. The zero-order valence-electron chi connectivity index (χ0n) is 17.1. The number of nitrogens with zero attached hydrogens (tertiary/aromatic N) is 3. The van der Waals surface area contributed by atoms with Gasteiger partial charge in [0.25, 0.3) is 0 Å². The second-order valence-corrected chi connectivity index (χ2v) is 9.73. The average molecular weight is 460 g/mol. The van der Waals surface area contributed by atoms with Crippen LogP contribution in [0.3, 0.4) is 0 Å². The largest absolute Gasteiger partial charge is 0.338 e. The maximum atomic E-state index is 14.3. The van der Waals surface area contributed by atoms with E-state index in [4.69, 9.17) is 0 Å². The zero-order valence-corrected chi connectivity index (χ0v) is 18.7. The minimum atomic E-state index is -0.346. The molecule has 0 bridgehead atoms. The van der Waals surface area contributed by atoms with Gasteiger partial charge in [0.1, 0.15) is 11.6 Å². The van der Waals surface area contributed by atoms with Gasteiger partial charge in [-0.2, -0.15) is 0 Å². The van der Waals surface area contributed by atoms with E-state index in [1.54, 1.807) is 53.5 Å². The number of hydrogen-bond donors (Lipinski definition) is 0. The summed E-state index contributed by atoms with van der Waals surface area (Å²) < 4.78 is 27.5. The van der Waals surface area contributed by atoms with Crippen LogP contribution < -0.4 is 0 Å². The summed E-state index contributed by atoms with van der Waals surface area (Å²) in [6, 6.07) is 12.7. The first-order valence-corrected chi connectivity index (χ1v) is 11.8. The van der Waals surface area contributed by atoms with Gasteiger partial charge < -0.3 is 4.90 Å². The Labute approximate surface area is 188 Å². The Morgan fingerprint density at radius 2 is 2.00 bits per heavy atom. The first-order chi connectivity index (χ1) is 15.0. The lowest BCUT2D eigenvalue weighted by Crippen LogP contribution is -2.43. The minimum Gasteiger partial charge on any atom is -0.338 e. The van der Waals surface area contributed by atoms with E-state index < -0.39 is 0 Å². The van der Waals surface area contributed by atoms with Crippen molar-refractivity contribution in [2.24, 2.45) is 0 Å². The number of rotatable bonds is 7. The summed E-state index contributed by atoms with van der Waals surface area (Å²) in [7, 11) is 1.78. The van der Waals surface area contributed by atoms with Gasteiger partial charge in [0.15, 0.2) is 0 Å². The topological polar surface area (TPSA) is 36.4 Å². The van der Waals surface area contributed by atoms with Gasteiger partial charge in [-0.15, -0.1) is 23.1 Å². The van der Waals surface area contributed by atoms with Crippen LogP contribution >= 0.6 is 23.1 Å². The Morgan fingerprint density at radius 1 is 1.23 bits per heavy atom. The number of hydrogen-bond acceptors (Lipinski definition) is 5. The van der Waals surface area contributed by atoms with Crippen molar-refractivity contribution in [1.29, 1.82) is 0 Å². The first kappa shape index (κ1) is 21.9. The third kappa shape index (κ3) is 5.50. The van der Waals surface area contributed by atoms with Gasteiger partial charge in [-0.05, 0) is 36.8 Å². The van der Waals surface area contributed by atoms with Crippen LogP contribution in [0.15, 0.2) is 64.3 Å². The standard InChI is InChI=1S/C23H23F2N3OS2/c1-27(12-18-14-30-15-26-18)23(29)22-10-20(31-19-8-6-17(24)7-9-19)13-28(22)11-16-4-2-3-5-21(16)25/h2-9,14-15,20,22H,10-13H2,1H3/t20-,22+/m1/s1. The molecule has 0 radical (unpaired) electrons. The Kier molecular flexibility index (Phi) is 6.99. The van der Waals surface area contributed by atoms with Crippen LogP contribution in [0.4, 0.5) is 8.78 Å². The summed E-state index contributed by atoms with van der Waals surface area (Å²) in [5.41, 5.74) is 3.19. The highest BCUT2D eigenvalue weighted by Gasteiger charge is 2.38. The molecule has 1 amide bonds. The normalized spacial score (nSPS) is 18.9. The lowest BCUT2D eigenvalue weighted by Gasteiger charge is -2.27. The van der Waals surface area contributed by atoms with E-state index in [9.17, 15) is 13.6 Å². The quantitative estimate of drug-likeness (QED) is 0.508. The number of benzene rings is 2. The molecule has 0 N–H and O–H groups in total.